The summed E-state index contributed by atoms with van der Waals surface area (Å²) in [5, 5.41) is 2.97. The van der Waals surface area contributed by atoms with Crippen molar-refractivity contribution < 1.29 is 14.3 Å². The van der Waals surface area contributed by atoms with Crippen LogP contribution in [-0.4, -0.2) is 54.6 Å². The van der Waals surface area contributed by atoms with Crippen LogP contribution >= 0.6 is 0 Å². The third-order valence-electron chi connectivity index (χ3n) is 5.29. The van der Waals surface area contributed by atoms with Crippen LogP contribution in [0.1, 0.15) is 33.4 Å². The van der Waals surface area contributed by atoms with Gasteiger partial charge in [-0.25, -0.2) is 4.98 Å². The van der Waals surface area contributed by atoms with Crippen LogP contribution in [0.5, 0.6) is 5.75 Å². The van der Waals surface area contributed by atoms with E-state index in [2.05, 4.69) is 16.4 Å². The summed E-state index contributed by atoms with van der Waals surface area (Å²) < 4.78 is 11.3. The molecular formula is C24H26N4O3. The molecule has 0 saturated carbocycles. The van der Waals surface area contributed by atoms with E-state index in [1.807, 2.05) is 41.3 Å². The Balaban J connectivity index is 1.48. The first-order valence-corrected chi connectivity index (χ1v) is 10.3. The standard InChI is InChI=1S/C24H26N4O3/c1-25-23-15-18(9-10-26-23)24(29)28-11-12-31-22(16-28)21-8-4-6-19(27-21)13-17-5-3-7-20(14-17)30-2/h3-10,14-15,22H,11-13,16H2,1-2H3,(H,25,26)/t22-/m0/s1. The van der Waals surface area contributed by atoms with E-state index in [4.69, 9.17) is 14.5 Å². The second-order valence-corrected chi connectivity index (χ2v) is 7.37. The van der Waals surface area contributed by atoms with Crippen molar-refractivity contribution in [2.75, 3.05) is 39.2 Å². The lowest BCUT2D eigenvalue weighted by Crippen LogP contribution is -2.42. The summed E-state index contributed by atoms with van der Waals surface area (Å²) >= 11 is 0. The number of ether oxygens (including phenoxy) is 2. The van der Waals surface area contributed by atoms with E-state index in [-0.39, 0.29) is 12.0 Å². The van der Waals surface area contributed by atoms with Gasteiger partial charge in [-0.3, -0.25) is 9.78 Å². The molecule has 0 bridgehead atoms. The lowest BCUT2D eigenvalue weighted by molar-refractivity contribution is -0.0247. The number of aromatic nitrogens is 2. The molecule has 2 aromatic heterocycles. The summed E-state index contributed by atoms with van der Waals surface area (Å²) in [7, 11) is 3.45. The molecule has 0 unspecified atom stereocenters. The Bertz CT molecular complexity index is 1060. The third kappa shape index (κ3) is 5.00. The molecule has 1 aromatic carbocycles. The lowest BCUT2D eigenvalue weighted by Gasteiger charge is -2.33. The number of hydrogen-bond donors (Lipinski definition) is 1. The molecule has 0 radical (unpaired) electrons. The second-order valence-electron chi connectivity index (χ2n) is 7.37. The van der Waals surface area contributed by atoms with Gasteiger partial charge in [0.1, 0.15) is 17.7 Å². The molecule has 1 amide bonds. The largest absolute Gasteiger partial charge is 0.497 e. The van der Waals surface area contributed by atoms with Gasteiger partial charge in [-0.1, -0.05) is 18.2 Å². The van der Waals surface area contributed by atoms with E-state index in [0.29, 0.717) is 37.5 Å². The number of nitrogens with one attached hydrogen (secondary N) is 1. The number of benzene rings is 1. The highest BCUT2D eigenvalue weighted by Crippen LogP contribution is 2.23. The van der Waals surface area contributed by atoms with Crippen molar-refractivity contribution in [2.24, 2.45) is 0 Å². The Morgan fingerprint density at radius 3 is 2.94 bits per heavy atom. The summed E-state index contributed by atoms with van der Waals surface area (Å²) in [5.41, 5.74) is 3.53. The Labute approximate surface area is 182 Å². The van der Waals surface area contributed by atoms with Crippen molar-refractivity contribution in [1.82, 2.24) is 14.9 Å². The van der Waals surface area contributed by atoms with Crippen molar-refractivity contribution in [3.05, 3.63) is 83.3 Å². The monoisotopic (exact) mass is 418 g/mol. The fourth-order valence-electron chi connectivity index (χ4n) is 3.66. The Hall–Kier alpha value is -3.45. The molecular weight excluding hydrogens is 392 g/mol. The number of nitrogens with zero attached hydrogens (tertiary/aromatic N) is 3. The van der Waals surface area contributed by atoms with Gasteiger partial charge in [0.2, 0.25) is 0 Å². The number of pyridine rings is 2. The van der Waals surface area contributed by atoms with Gasteiger partial charge in [0.15, 0.2) is 0 Å². The maximum atomic E-state index is 13.0. The molecule has 1 N–H and O–H groups in total. The molecule has 3 heterocycles. The number of hydrogen-bond acceptors (Lipinski definition) is 6. The number of rotatable bonds is 6. The van der Waals surface area contributed by atoms with Gasteiger partial charge in [-0.05, 0) is 42.0 Å². The second kappa shape index (κ2) is 9.57. The summed E-state index contributed by atoms with van der Waals surface area (Å²) in [6.07, 6.45) is 2.08. The average molecular weight is 418 g/mol. The van der Waals surface area contributed by atoms with Crippen LogP contribution in [0.2, 0.25) is 0 Å². The van der Waals surface area contributed by atoms with Gasteiger partial charge in [0.05, 0.1) is 26.0 Å². The molecule has 3 aromatic rings. The predicted molar refractivity (Wildman–Crippen MR) is 118 cm³/mol. The van der Waals surface area contributed by atoms with Crippen LogP contribution in [0.4, 0.5) is 5.82 Å². The quantitative estimate of drug-likeness (QED) is 0.662. The zero-order chi connectivity index (χ0) is 21.6. The van der Waals surface area contributed by atoms with Crippen LogP contribution in [0.15, 0.2) is 60.8 Å². The number of anilines is 1. The third-order valence-corrected chi connectivity index (χ3v) is 5.29. The highest BCUT2D eigenvalue weighted by atomic mass is 16.5. The summed E-state index contributed by atoms with van der Waals surface area (Å²) in [6.45, 7) is 1.49. The van der Waals surface area contributed by atoms with Crippen LogP contribution in [0, 0.1) is 0 Å². The van der Waals surface area contributed by atoms with Crippen molar-refractivity contribution in [1.29, 1.82) is 0 Å². The lowest BCUT2D eigenvalue weighted by atomic mass is 10.1. The minimum Gasteiger partial charge on any atom is -0.497 e. The molecule has 1 saturated heterocycles. The van der Waals surface area contributed by atoms with E-state index in [1.165, 1.54) is 0 Å². The Morgan fingerprint density at radius 1 is 1.23 bits per heavy atom. The summed E-state index contributed by atoms with van der Waals surface area (Å²) in [4.78, 5) is 23.8. The summed E-state index contributed by atoms with van der Waals surface area (Å²) in [6, 6.07) is 17.4. The number of carbonyl (C=O) groups excluding carboxylic acids is 1. The first kappa shape index (κ1) is 20.8. The van der Waals surface area contributed by atoms with Crippen molar-refractivity contribution in [3.63, 3.8) is 0 Å². The minimum atomic E-state index is -0.256. The topological polar surface area (TPSA) is 76.6 Å². The molecule has 7 nitrogen and oxygen atoms in total. The maximum absolute atomic E-state index is 13.0. The molecule has 31 heavy (non-hydrogen) atoms. The van der Waals surface area contributed by atoms with E-state index < -0.39 is 0 Å². The Morgan fingerprint density at radius 2 is 2.10 bits per heavy atom. The smallest absolute Gasteiger partial charge is 0.254 e. The average Bonchev–Trinajstić information content (AvgIpc) is 2.84. The van der Waals surface area contributed by atoms with Gasteiger partial charge >= 0.3 is 0 Å². The highest BCUT2D eigenvalue weighted by molar-refractivity contribution is 5.94. The van der Waals surface area contributed by atoms with Crippen LogP contribution < -0.4 is 10.1 Å². The maximum Gasteiger partial charge on any atom is 0.254 e. The van der Waals surface area contributed by atoms with Crippen molar-refractivity contribution >= 4 is 11.7 Å². The fraction of sp³-hybridized carbons (Fsp3) is 0.292. The number of morpholine rings is 1. The minimum absolute atomic E-state index is 0.0280. The number of carbonyl (C=O) groups is 1. The molecule has 1 aliphatic heterocycles. The normalized spacial score (nSPS) is 16.1. The fourth-order valence-corrected chi connectivity index (χ4v) is 3.66. The molecule has 1 atom stereocenters. The number of methoxy groups -OCH3 is 1. The van der Waals surface area contributed by atoms with Crippen LogP contribution in [-0.2, 0) is 11.2 Å². The SMILES string of the molecule is CNc1cc(C(=O)N2CCO[C@H](c3cccc(Cc4cccc(OC)c4)n3)C2)ccn1. The molecule has 0 spiro atoms. The Kier molecular flexibility index (Phi) is 6.43. The summed E-state index contributed by atoms with van der Waals surface area (Å²) in [5.74, 6) is 1.47. The number of amides is 1. The molecule has 7 heteroatoms. The van der Waals surface area contributed by atoms with Crippen molar-refractivity contribution in [3.8, 4) is 5.75 Å². The molecule has 160 valence electrons. The molecule has 0 aliphatic carbocycles. The highest BCUT2D eigenvalue weighted by Gasteiger charge is 2.27. The van der Waals surface area contributed by atoms with E-state index in [9.17, 15) is 4.79 Å². The molecule has 1 fully saturated rings. The van der Waals surface area contributed by atoms with E-state index >= 15 is 0 Å². The van der Waals surface area contributed by atoms with Gasteiger partial charge in [-0.15, -0.1) is 0 Å². The van der Waals surface area contributed by atoms with Gasteiger partial charge < -0.3 is 19.7 Å². The first-order chi connectivity index (χ1) is 15.2. The molecule has 4 rings (SSSR count). The zero-order valence-electron chi connectivity index (χ0n) is 17.7. The van der Waals surface area contributed by atoms with Crippen molar-refractivity contribution in [2.45, 2.75) is 12.5 Å². The first-order valence-electron chi connectivity index (χ1n) is 10.3. The van der Waals surface area contributed by atoms with Crippen LogP contribution in [0.3, 0.4) is 0 Å². The van der Waals surface area contributed by atoms with Gasteiger partial charge in [0.25, 0.3) is 5.91 Å². The van der Waals surface area contributed by atoms with Gasteiger partial charge in [0, 0.05) is 37.5 Å². The zero-order valence-corrected chi connectivity index (χ0v) is 17.7. The predicted octanol–water partition coefficient (Wildman–Crippen LogP) is 3.33. The van der Waals surface area contributed by atoms with E-state index in [0.717, 1.165) is 22.7 Å². The van der Waals surface area contributed by atoms with Crippen LogP contribution in [0.25, 0.3) is 0 Å². The van der Waals surface area contributed by atoms with Gasteiger partial charge in [-0.2, -0.15) is 0 Å². The molecule has 1 aliphatic rings. The van der Waals surface area contributed by atoms with E-state index in [1.54, 1.807) is 32.5 Å².